The quantitative estimate of drug-likeness (QED) is 0.801. The zero-order valence-corrected chi connectivity index (χ0v) is 10.4. The SMILES string of the molecule is CCN(CC(C)(C)O)c1cccc(F)c1C=O. The molecule has 0 atom stereocenters. The summed E-state index contributed by atoms with van der Waals surface area (Å²) in [5, 5.41) is 9.79. The standard InChI is InChI=1S/C13H18FNO2/c1-4-15(9-13(2,3)17)12-7-5-6-11(14)10(12)8-16/h5-8,17H,4,9H2,1-3H3. The molecule has 0 aliphatic heterocycles. The van der Waals surface area contributed by atoms with Gasteiger partial charge in [-0.2, -0.15) is 0 Å². The van der Waals surface area contributed by atoms with Gasteiger partial charge in [-0.3, -0.25) is 4.79 Å². The molecule has 3 nitrogen and oxygen atoms in total. The van der Waals surface area contributed by atoms with Crippen molar-refractivity contribution in [2.45, 2.75) is 26.4 Å². The van der Waals surface area contributed by atoms with E-state index in [2.05, 4.69) is 0 Å². The summed E-state index contributed by atoms with van der Waals surface area (Å²) in [7, 11) is 0. The number of hydrogen-bond donors (Lipinski definition) is 1. The van der Waals surface area contributed by atoms with Crippen LogP contribution in [-0.2, 0) is 0 Å². The van der Waals surface area contributed by atoms with Gasteiger partial charge >= 0.3 is 0 Å². The predicted octanol–water partition coefficient (Wildman–Crippen LogP) is 2.24. The fraction of sp³-hybridized carbons (Fsp3) is 0.462. The highest BCUT2D eigenvalue weighted by molar-refractivity contribution is 5.85. The van der Waals surface area contributed by atoms with Gasteiger partial charge in [0.2, 0.25) is 0 Å². The maximum atomic E-state index is 13.5. The Kier molecular flexibility index (Phi) is 4.23. The molecule has 0 saturated heterocycles. The van der Waals surface area contributed by atoms with Crippen molar-refractivity contribution in [3.05, 3.63) is 29.6 Å². The summed E-state index contributed by atoms with van der Waals surface area (Å²) in [6.07, 6.45) is 0.512. The molecule has 0 radical (unpaired) electrons. The number of hydrogen-bond acceptors (Lipinski definition) is 3. The molecule has 1 aromatic rings. The third kappa shape index (κ3) is 3.53. The molecule has 0 bridgehead atoms. The molecule has 0 saturated carbocycles. The summed E-state index contributed by atoms with van der Waals surface area (Å²) in [5.74, 6) is -0.535. The van der Waals surface area contributed by atoms with Gasteiger partial charge in [0.05, 0.1) is 16.9 Å². The third-order valence-corrected chi connectivity index (χ3v) is 2.45. The number of aldehydes is 1. The van der Waals surface area contributed by atoms with Gasteiger partial charge in [0.25, 0.3) is 0 Å². The van der Waals surface area contributed by atoms with Crippen LogP contribution in [0.15, 0.2) is 18.2 Å². The van der Waals surface area contributed by atoms with Crippen LogP contribution in [0.2, 0.25) is 0 Å². The average molecular weight is 239 g/mol. The van der Waals surface area contributed by atoms with E-state index in [4.69, 9.17) is 0 Å². The van der Waals surface area contributed by atoms with Gasteiger partial charge < -0.3 is 10.0 Å². The Labute approximate surface area is 101 Å². The predicted molar refractivity (Wildman–Crippen MR) is 66.0 cm³/mol. The molecule has 0 spiro atoms. The molecule has 94 valence electrons. The number of halogens is 1. The van der Waals surface area contributed by atoms with Crippen LogP contribution in [0.5, 0.6) is 0 Å². The van der Waals surface area contributed by atoms with Crippen molar-refractivity contribution >= 4 is 12.0 Å². The largest absolute Gasteiger partial charge is 0.389 e. The monoisotopic (exact) mass is 239 g/mol. The fourth-order valence-electron chi connectivity index (χ4n) is 1.75. The van der Waals surface area contributed by atoms with Gasteiger partial charge in [-0.25, -0.2) is 4.39 Å². The first-order valence-corrected chi connectivity index (χ1v) is 5.60. The summed E-state index contributed by atoms with van der Waals surface area (Å²) in [6, 6.07) is 4.50. The molecular formula is C13H18FNO2. The van der Waals surface area contributed by atoms with Gasteiger partial charge in [-0.1, -0.05) is 6.07 Å². The van der Waals surface area contributed by atoms with E-state index in [9.17, 15) is 14.3 Å². The fourth-order valence-corrected chi connectivity index (χ4v) is 1.75. The van der Waals surface area contributed by atoms with Crippen LogP contribution < -0.4 is 4.90 Å². The average Bonchev–Trinajstić information content (AvgIpc) is 2.24. The number of carbonyl (C=O) groups excluding carboxylic acids is 1. The molecule has 0 heterocycles. The topological polar surface area (TPSA) is 40.5 Å². The van der Waals surface area contributed by atoms with Crippen molar-refractivity contribution in [1.29, 1.82) is 0 Å². The Morgan fingerprint density at radius 2 is 2.12 bits per heavy atom. The highest BCUT2D eigenvalue weighted by Gasteiger charge is 2.20. The number of benzene rings is 1. The summed E-state index contributed by atoms with van der Waals surface area (Å²) < 4.78 is 13.5. The number of aliphatic hydroxyl groups is 1. The van der Waals surface area contributed by atoms with Crippen LogP contribution in [0, 0.1) is 5.82 Å². The molecule has 0 amide bonds. The van der Waals surface area contributed by atoms with Crippen LogP contribution in [0.3, 0.4) is 0 Å². The number of carbonyl (C=O) groups is 1. The minimum Gasteiger partial charge on any atom is -0.389 e. The number of likely N-dealkylation sites (N-methyl/N-ethyl adjacent to an activating group) is 1. The molecule has 1 rings (SSSR count). The van der Waals surface area contributed by atoms with Gasteiger partial charge in [0.15, 0.2) is 6.29 Å². The van der Waals surface area contributed by atoms with Crippen LogP contribution in [0.4, 0.5) is 10.1 Å². The summed E-state index contributed by atoms with van der Waals surface area (Å²) in [6.45, 7) is 6.18. The molecule has 0 aliphatic rings. The first-order valence-electron chi connectivity index (χ1n) is 5.60. The van der Waals surface area contributed by atoms with Crippen LogP contribution in [-0.4, -0.2) is 30.1 Å². The van der Waals surface area contributed by atoms with E-state index in [0.29, 0.717) is 25.1 Å². The molecular weight excluding hydrogens is 221 g/mol. The third-order valence-electron chi connectivity index (χ3n) is 2.45. The maximum absolute atomic E-state index is 13.5. The first kappa shape index (κ1) is 13.6. The smallest absolute Gasteiger partial charge is 0.155 e. The zero-order chi connectivity index (χ0) is 13.1. The highest BCUT2D eigenvalue weighted by Crippen LogP contribution is 2.23. The van der Waals surface area contributed by atoms with Crippen molar-refractivity contribution in [2.24, 2.45) is 0 Å². The molecule has 4 heteroatoms. The lowest BCUT2D eigenvalue weighted by atomic mass is 10.1. The highest BCUT2D eigenvalue weighted by atomic mass is 19.1. The first-order chi connectivity index (χ1) is 7.89. The Morgan fingerprint density at radius 1 is 1.47 bits per heavy atom. The van der Waals surface area contributed by atoms with E-state index < -0.39 is 11.4 Å². The molecule has 0 unspecified atom stereocenters. The van der Waals surface area contributed by atoms with Gasteiger partial charge in [0.1, 0.15) is 5.82 Å². The normalized spacial score (nSPS) is 11.4. The van der Waals surface area contributed by atoms with Gasteiger partial charge in [-0.15, -0.1) is 0 Å². The Morgan fingerprint density at radius 3 is 2.59 bits per heavy atom. The van der Waals surface area contributed by atoms with Crippen LogP contribution in [0.1, 0.15) is 31.1 Å². The van der Waals surface area contributed by atoms with Crippen LogP contribution in [0.25, 0.3) is 0 Å². The zero-order valence-electron chi connectivity index (χ0n) is 10.4. The van der Waals surface area contributed by atoms with Gasteiger partial charge in [0, 0.05) is 13.1 Å². The van der Waals surface area contributed by atoms with E-state index in [1.807, 2.05) is 6.92 Å². The summed E-state index contributed by atoms with van der Waals surface area (Å²) in [4.78, 5) is 12.7. The Hall–Kier alpha value is -1.42. The van der Waals surface area contributed by atoms with E-state index in [-0.39, 0.29) is 5.56 Å². The van der Waals surface area contributed by atoms with Crippen LogP contribution >= 0.6 is 0 Å². The van der Waals surface area contributed by atoms with E-state index in [0.717, 1.165) is 0 Å². The van der Waals surface area contributed by atoms with Crippen molar-refractivity contribution in [1.82, 2.24) is 0 Å². The van der Waals surface area contributed by atoms with Crippen molar-refractivity contribution in [2.75, 3.05) is 18.0 Å². The van der Waals surface area contributed by atoms with Crippen molar-refractivity contribution in [3.63, 3.8) is 0 Å². The van der Waals surface area contributed by atoms with E-state index >= 15 is 0 Å². The minimum absolute atomic E-state index is 0.0404. The number of rotatable bonds is 5. The lowest BCUT2D eigenvalue weighted by Crippen LogP contribution is -2.39. The molecule has 0 aliphatic carbocycles. The molecule has 0 fully saturated rings. The second-order valence-electron chi connectivity index (χ2n) is 4.62. The van der Waals surface area contributed by atoms with E-state index in [1.165, 1.54) is 6.07 Å². The van der Waals surface area contributed by atoms with Crippen molar-refractivity contribution < 1.29 is 14.3 Å². The number of anilines is 1. The summed E-state index contributed by atoms with van der Waals surface area (Å²) in [5.41, 5.74) is -0.342. The molecule has 17 heavy (non-hydrogen) atoms. The minimum atomic E-state index is -0.900. The van der Waals surface area contributed by atoms with Crippen molar-refractivity contribution in [3.8, 4) is 0 Å². The maximum Gasteiger partial charge on any atom is 0.155 e. The number of nitrogens with zero attached hydrogens (tertiary/aromatic N) is 1. The Bertz CT molecular complexity index is 399. The summed E-state index contributed by atoms with van der Waals surface area (Å²) >= 11 is 0. The Balaban J connectivity index is 3.12. The lowest BCUT2D eigenvalue weighted by molar-refractivity contribution is 0.0874. The second-order valence-corrected chi connectivity index (χ2v) is 4.62. The molecule has 1 aromatic carbocycles. The van der Waals surface area contributed by atoms with Gasteiger partial charge in [-0.05, 0) is 32.9 Å². The molecule has 0 aromatic heterocycles. The second kappa shape index (κ2) is 5.27. The lowest BCUT2D eigenvalue weighted by Gasteiger charge is -2.30. The molecule has 1 N–H and O–H groups in total. The van der Waals surface area contributed by atoms with E-state index in [1.54, 1.807) is 30.9 Å².